The first-order valence-electron chi connectivity index (χ1n) is 10.8. The van der Waals surface area contributed by atoms with E-state index in [1.54, 1.807) is 0 Å². The van der Waals surface area contributed by atoms with Crippen LogP contribution in [0.5, 0.6) is 0 Å². The van der Waals surface area contributed by atoms with E-state index in [2.05, 4.69) is 53.0 Å². The largest absolute Gasteiger partial charge is 0.343 e. The number of benzene rings is 1. The van der Waals surface area contributed by atoms with E-state index < -0.39 is 0 Å². The molecular formula is C23H32N4O2. The molecule has 2 saturated heterocycles. The van der Waals surface area contributed by atoms with Crippen LogP contribution >= 0.6 is 0 Å². The Morgan fingerprint density at radius 1 is 1.24 bits per heavy atom. The summed E-state index contributed by atoms with van der Waals surface area (Å²) < 4.78 is 5.43. The zero-order valence-electron chi connectivity index (χ0n) is 17.8. The Morgan fingerprint density at radius 3 is 2.62 bits per heavy atom. The average molecular weight is 397 g/mol. The van der Waals surface area contributed by atoms with Crippen LogP contribution < -0.4 is 0 Å². The van der Waals surface area contributed by atoms with Crippen molar-refractivity contribution in [2.24, 2.45) is 5.41 Å². The quantitative estimate of drug-likeness (QED) is 0.769. The number of nitrogens with zero attached hydrogens (tertiary/aromatic N) is 4. The number of aromatic nitrogens is 2. The molecule has 1 amide bonds. The molecular weight excluding hydrogens is 364 g/mol. The van der Waals surface area contributed by atoms with Gasteiger partial charge in [-0.1, -0.05) is 49.3 Å². The van der Waals surface area contributed by atoms with Crippen molar-refractivity contribution in [1.82, 2.24) is 19.9 Å². The van der Waals surface area contributed by atoms with Crippen LogP contribution in [0.3, 0.4) is 0 Å². The fourth-order valence-corrected chi connectivity index (χ4v) is 4.82. The van der Waals surface area contributed by atoms with Gasteiger partial charge in [-0.15, -0.1) is 0 Å². The number of hydrogen-bond donors (Lipinski definition) is 0. The Bertz CT molecular complexity index is 824. The SMILES string of the molecule is CC(C)c1nc(C2CC3(CCN(C(=O)CCc4ccccc4)CC3)CN2C)no1. The lowest BCUT2D eigenvalue weighted by Crippen LogP contribution is -2.44. The highest BCUT2D eigenvalue weighted by atomic mass is 16.5. The second kappa shape index (κ2) is 8.27. The lowest BCUT2D eigenvalue weighted by Gasteiger charge is -2.39. The first kappa shape index (κ1) is 20.1. The minimum absolute atomic E-state index is 0.214. The lowest BCUT2D eigenvalue weighted by molar-refractivity contribution is -0.133. The van der Waals surface area contributed by atoms with Gasteiger partial charge in [-0.2, -0.15) is 4.98 Å². The Balaban J connectivity index is 1.32. The second-order valence-electron chi connectivity index (χ2n) is 9.15. The summed E-state index contributed by atoms with van der Waals surface area (Å²) >= 11 is 0. The van der Waals surface area contributed by atoms with Gasteiger partial charge in [0, 0.05) is 32.0 Å². The van der Waals surface area contributed by atoms with Crippen molar-refractivity contribution < 1.29 is 9.32 Å². The molecule has 3 heterocycles. The molecule has 2 aliphatic heterocycles. The molecule has 4 rings (SSSR count). The second-order valence-corrected chi connectivity index (χ2v) is 9.15. The van der Waals surface area contributed by atoms with Crippen LogP contribution in [0, 0.1) is 5.41 Å². The molecule has 0 saturated carbocycles. The Kier molecular flexibility index (Phi) is 5.72. The number of carbonyl (C=O) groups excluding carboxylic acids is 1. The van der Waals surface area contributed by atoms with Crippen LogP contribution in [0.1, 0.15) is 68.8 Å². The van der Waals surface area contributed by atoms with Crippen molar-refractivity contribution in [3.63, 3.8) is 0 Å². The fourth-order valence-electron chi connectivity index (χ4n) is 4.82. The molecule has 1 spiro atoms. The number of piperidine rings is 1. The highest BCUT2D eigenvalue weighted by molar-refractivity contribution is 5.76. The third-order valence-electron chi connectivity index (χ3n) is 6.64. The van der Waals surface area contributed by atoms with Crippen molar-refractivity contribution in [3.05, 3.63) is 47.6 Å². The molecule has 1 aromatic heterocycles. The van der Waals surface area contributed by atoms with E-state index in [0.717, 1.165) is 51.1 Å². The summed E-state index contributed by atoms with van der Waals surface area (Å²) in [5.41, 5.74) is 1.49. The predicted molar refractivity (Wildman–Crippen MR) is 111 cm³/mol. The van der Waals surface area contributed by atoms with E-state index in [1.165, 1.54) is 5.56 Å². The maximum absolute atomic E-state index is 12.7. The van der Waals surface area contributed by atoms with E-state index >= 15 is 0 Å². The van der Waals surface area contributed by atoms with Crippen molar-refractivity contribution in [2.75, 3.05) is 26.7 Å². The van der Waals surface area contributed by atoms with E-state index in [-0.39, 0.29) is 23.3 Å². The van der Waals surface area contributed by atoms with Crippen LogP contribution in [0.15, 0.2) is 34.9 Å². The van der Waals surface area contributed by atoms with Crippen molar-refractivity contribution in [1.29, 1.82) is 0 Å². The molecule has 0 N–H and O–H groups in total. The van der Waals surface area contributed by atoms with E-state index in [4.69, 9.17) is 4.52 Å². The number of rotatable bonds is 5. The summed E-state index contributed by atoms with van der Waals surface area (Å²) in [7, 11) is 2.15. The molecule has 29 heavy (non-hydrogen) atoms. The van der Waals surface area contributed by atoms with Gasteiger partial charge in [0.25, 0.3) is 0 Å². The Hall–Kier alpha value is -2.21. The molecule has 6 nitrogen and oxygen atoms in total. The van der Waals surface area contributed by atoms with Gasteiger partial charge in [0.05, 0.1) is 6.04 Å². The minimum atomic E-state index is 0.214. The zero-order chi connectivity index (χ0) is 20.4. The van der Waals surface area contributed by atoms with Gasteiger partial charge >= 0.3 is 0 Å². The molecule has 1 atom stereocenters. The fraction of sp³-hybridized carbons (Fsp3) is 0.609. The summed E-state index contributed by atoms with van der Waals surface area (Å²) in [6, 6.07) is 10.5. The third kappa shape index (κ3) is 4.37. The van der Waals surface area contributed by atoms with Gasteiger partial charge in [-0.25, -0.2) is 0 Å². The first-order chi connectivity index (χ1) is 14.0. The summed E-state index contributed by atoms with van der Waals surface area (Å²) in [4.78, 5) is 21.7. The molecule has 1 unspecified atom stereocenters. The highest BCUT2D eigenvalue weighted by Crippen LogP contribution is 2.47. The molecule has 6 heteroatoms. The maximum atomic E-state index is 12.7. The average Bonchev–Trinajstić information content (AvgIpc) is 3.33. The van der Waals surface area contributed by atoms with Crippen LogP contribution in [0.4, 0.5) is 0 Å². The van der Waals surface area contributed by atoms with Gasteiger partial charge in [0.2, 0.25) is 11.8 Å². The topological polar surface area (TPSA) is 62.5 Å². The molecule has 0 aliphatic carbocycles. The smallest absolute Gasteiger partial charge is 0.229 e. The van der Waals surface area contributed by atoms with Gasteiger partial charge in [-0.05, 0) is 43.7 Å². The molecule has 156 valence electrons. The summed E-state index contributed by atoms with van der Waals surface area (Å²) in [5.74, 6) is 2.07. The van der Waals surface area contributed by atoms with Gasteiger partial charge in [0.1, 0.15) is 0 Å². The summed E-state index contributed by atoms with van der Waals surface area (Å²) in [6.45, 7) is 6.90. The van der Waals surface area contributed by atoms with Crippen LogP contribution in [0.2, 0.25) is 0 Å². The van der Waals surface area contributed by atoms with E-state index in [0.29, 0.717) is 12.3 Å². The zero-order valence-corrected chi connectivity index (χ0v) is 17.8. The standard InChI is InChI=1S/C23H32N4O2/c1-17(2)22-24-21(25-29-22)19-15-23(16-26(19)3)11-13-27(14-12-23)20(28)10-9-18-7-5-4-6-8-18/h4-8,17,19H,9-16H2,1-3H3. The minimum Gasteiger partial charge on any atom is -0.343 e. The third-order valence-corrected chi connectivity index (χ3v) is 6.64. The Morgan fingerprint density at radius 2 is 1.97 bits per heavy atom. The Labute approximate surface area is 173 Å². The molecule has 0 radical (unpaired) electrons. The number of likely N-dealkylation sites (tertiary alicyclic amines) is 2. The first-order valence-corrected chi connectivity index (χ1v) is 10.8. The highest BCUT2D eigenvalue weighted by Gasteiger charge is 2.46. The lowest BCUT2D eigenvalue weighted by atomic mass is 9.76. The number of carbonyl (C=O) groups is 1. The molecule has 2 aliphatic rings. The van der Waals surface area contributed by atoms with Crippen LogP contribution in [0.25, 0.3) is 0 Å². The maximum Gasteiger partial charge on any atom is 0.229 e. The van der Waals surface area contributed by atoms with Gasteiger partial charge in [0.15, 0.2) is 5.82 Å². The normalized spacial score (nSPS) is 21.9. The van der Waals surface area contributed by atoms with Crippen molar-refractivity contribution in [2.45, 2.75) is 57.9 Å². The van der Waals surface area contributed by atoms with Crippen molar-refractivity contribution >= 4 is 5.91 Å². The number of amides is 1. The van der Waals surface area contributed by atoms with Crippen LogP contribution in [-0.4, -0.2) is 52.5 Å². The summed E-state index contributed by atoms with van der Waals surface area (Å²) in [6.07, 6.45) is 4.58. The molecule has 2 fully saturated rings. The predicted octanol–water partition coefficient (Wildman–Crippen LogP) is 3.81. The molecule has 0 bridgehead atoms. The molecule has 2 aromatic rings. The summed E-state index contributed by atoms with van der Waals surface area (Å²) in [5, 5.41) is 4.25. The van der Waals surface area contributed by atoms with Crippen LogP contribution in [-0.2, 0) is 11.2 Å². The monoisotopic (exact) mass is 396 g/mol. The number of aryl methyl sites for hydroxylation is 1. The van der Waals surface area contributed by atoms with Gasteiger partial charge in [-0.3, -0.25) is 9.69 Å². The van der Waals surface area contributed by atoms with Crippen molar-refractivity contribution in [3.8, 4) is 0 Å². The molecule has 1 aromatic carbocycles. The number of hydrogen-bond acceptors (Lipinski definition) is 5. The van der Waals surface area contributed by atoms with E-state index in [9.17, 15) is 4.79 Å². The van der Waals surface area contributed by atoms with Gasteiger partial charge < -0.3 is 9.42 Å². The van der Waals surface area contributed by atoms with E-state index in [1.807, 2.05) is 18.2 Å².